The highest BCUT2D eigenvalue weighted by molar-refractivity contribution is 5.73. The number of nitrogens with zero attached hydrogens (tertiary/aromatic N) is 2. The number of carbonyl (C=O) groups excluding carboxylic acids is 8. The number of aryl methyl sites for hydroxylation is 8. The van der Waals surface area contributed by atoms with E-state index in [1.165, 1.54) is 0 Å². The zero-order chi connectivity index (χ0) is 81.9. The Bertz CT molecular complexity index is 3270. The van der Waals surface area contributed by atoms with Crippen LogP contribution in [0.3, 0.4) is 0 Å². The molecule has 0 amide bonds. The lowest BCUT2D eigenvalue weighted by molar-refractivity contribution is -0.146. The van der Waals surface area contributed by atoms with Gasteiger partial charge in [0.15, 0.2) is 0 Å². The van der Waals surface area contributed by atoms with Gasteiger partial charge in [-0.25, -0.2) is 19.2 Å². The maximum absolute atomic E-state index is 13.6. The minimum absolute atomic E-state index is 0.00738. The van der Waals surface area contributed by atoms with Crippen LogP contribution in [0.15, 0.2) is 48.5 Å². The van der Waals surface area contributed by atoms with Crippen LogP contribution < -0.4 is 18.9 Å². The van der Waals surface area contributed by atoms with Crippen molar-refractivity contribution in [3.63, 3.8) is 0 Å². The fraction of sp³-hybridized carbons (Fsp3) is 0.628. The molecule has 4 rings (SSSR count). The molecule has 0 radical (unpaired) electrons. The van der Waals surface area contributed by atoms with E-state index in [4.69, 9.17) is 56.8 Å². The van der Waals surface area contributed by atoms with Crippen molar-refractivity contribution < 1.29 is 95.2 Å². The van der Waals surface area contributed by atoms with Gasteiger partial charge in [0.05, 0.1) is 0 Å². The largest absolute Gasteiger partial charge is 0.514 e. The van der Waals surface area contributed by atoms with E-state index in [2.05, 4.69) is 0 Å². The summed E-state index contributed by atoms with van der Waals surface area (Å²) >= 11 is 0. The Hall–Kier alpha value is -8.24. The molecular weight excluding hydrogens is 1380 g/mol. The Morgan fingerprint density at radius 3 is 0.602 bits per heavy atom. The lowest BCUT2D eigenvalue weighted by atomic mass is 9.83. The van der Waals surface area contributed by atoms with Gasteiger partial charge in [-0.05, 0) is 203 Å². The molecule has 0 aliphatic carbocycles. The first-order chi connectivity index (χ1) is 49.4. The van der Waals surface area contributed by atoms with Gasteiger partial charge in [0.2, 0.25) is 0 Å². The van der Waals surface area contributed by atoms with E-state index in [1.54, 1.807) is 83.1 Å². The van der Waals surface area contributed by atoms with E-state index in [0.717, 1.165) is 44.5 Å². The summed E-state index contributed by atoms with van der Waals surface area (Å²) < 4.78 is 68.6. The fourth-order valence-electron chi connectivity index (χ4n) is 11.5. The van der Waals surface area contributed by atoms with E-state index >= 15 is 0 Å². The predicted molar refractivity (Wildman–Crippen MR) is 417 cm³/mol. The summed E-state index contributed by atoms with van der Waals surface area (Å²) in [5.41, 5.74) is 4.58. The van der Waals surface area contributed by atoms with Gasteiger partial charge >= 0.3 is 48.5 Å². The normalized spacial score (nSPS) is 12.5. The van der Waals surface area contributed by atoms with Crippen LogP contribution >= 0.6 is 0 Å². The van der Waals surface area contributed by atoms with Gasteiger partial charge in [-0.2, -0.15) is 0 Å². The maximum Gasteiger partial charge on any atom is 0.514 e. The van der Waals surface area contributed by atoms with E-state index in [1.807, 2.05) is 169 Å². The molecule has 0 unspecified atom stereocenters. The standard InChI is InChI=1S/C86H128N2O20/c1-55-47-59(51-63(79(5,6)7)71(55)101-75(93)105-83(17,18)19)29-33-67(89)97-43-39-87(40-44-98-68(90)34-30-60-48-56(2)72(64(52-60)80(8,9)10)102-76(94)106-84(20,21)22)37-38-88(41-45-99-69(91)35-31-61-49-57(3)73(65(53-61)81(11,12)13)103-77(95)107-85(23,24)25)42-46-100-70(92)36-32-62-50-58(4)74(66(54-62)82(14,15)16)104-78(96)108-86(26,27)28/h47-54H,29-46H2,1-28H3. The molecule has 0 fully saturated rings. The fourth-order valence-corrected chi connectivity index (χ4v) is 11.5. The van der Waals surface area contributed by atoms with Crippen molar-refractivity contribution in [2.45, 2.75) is 289 Å². The molecule has 0 bridgehead atoms. The van der Waals surface area contributed by atoms with Crippen LogP contribution in [0.25, 0.3) is 0 Å². The van der Waals surface area contributed by atoms with Gasteiger partial charge in [-0.3, -0.25) is 29.0 Å². The smallest absolute Gasteiger partial charge is 0.464 e. The number of benzene rings is 4. The first kappa shape index (κ1) is 92.1. The van der Waals surface area contributed by atoms with Crippen molar-refractivity contribution in [1.82, 2.24) is 9.80 Å². The minimum atomic E-state index is -0.813. The summed E-state index contributed by atoms with van der Waals surface area (Å²) in [5, 5.41) is 0. The number of hydrogen-bond acceptors (Lipinski definition) is 22. The van der Waals surface area contributed by atoms with Gasteiger partial charge in [0.1, 0.15) is 71.8 Å². The summed E-state index contributed by atoms with van der Waals surface area (Å²) in [6, 6.07) is 15.3. The highest BCUT2D eigenvalue weighted by atomic mass is 16.8. The molecule has 0 saturated heterocycles. The van der Waals surface area contributed by atoms with Gasteiger partial charge in [-0.1, -0.05) is 132 Å². The predicted octanol–water partition coefficient (Wildman–Crippen LogP) is 18.0. The molecule has 0 spiro atoms. The Labute approximate surface area is 643 Å². The average molecular weight is 1510 g/mol. The van der Waals surface area contributed by atoms with E-state index in [0.29, 0.717) is 84.0 Å². The van der Waals surface area contributed by atoms with Crippen LogP contribution in [0.2, 0.25) is 0 Å². The number of ether oxygens (including phenoxy) is 12. The van der Waals surface area contributed by atoms with E-state index in [9.17, 15) is 38.4 Å². The molecular formula is C86H128N2O20. The molecule has 0 aliphatic rings. The Kier molecular flexibility index (Phi) is 33.2. The summed E-state index contributed by atoms with van der Waals surface area (Å²) in [7, 11) is 0. The summed E-state index contributed by atoms with van der Waals surface area (Å²) in [6.07, 6.45) is -1.67. The lowest BCUT2D eigenvalue weighted by Gasteiger charge is -2.27. The van der Waals surface area contributed by atoms with Crippen molar-refractivity contribution in [2.75, 3.05) is 65.7 Å². The van der Waals surface area contributed by atoms with Gasteiger partial charge in [0, 0.05) is 87.2 Å². The summed E-state index contributed by atoms with van der Waals surface area (Å²) in [5.74, 6) is -0.128. The molecule has 0 aliphatic heterocycles. The Morgan fingerprint density at radius 2 is 0.444 bits per heavy atom. The molecule has 4 aromatic rings. The first-order valence-electron chi connectivity index (χ1n) is 37.7. The van der Waals surface area contributed by atoms with Crippen molar-refractivity contribution in [3.8, 4) is 23.0 Å². The molecule has 0 aromatic heterocycles. The molecule has 0 atom stereocenters. The molecule has 22 nitrogen and oxygen atoms in total. The molecule has 0 heterocycles. The minimum Gasteiger partial charge on any atom is -0.464 e. The molecule has 0 N–H and O–H groups in total. The highest BCUT2D eigenvalue weighted by Crippen LogP contribution is 2.41. The van der Waals surface area contributed by atoms with Gasteiger partial charge in [-0.15, -0.1) is 0 Å². The average Bonchev–Trinajstić information content (AvgIpc) is 0.815. The van der Waals surface area contributed by atoms with Crippen molar-refractivity contribution in [1.29, 1.82) is 0 Å². The number of rotatable bonds is 31. The van der Waals surface area contributed by atoms with Crippen LogP contribution in [-0.2, 0) is 104 Å². The maximum atomic E-state index is 13.6. The quantitative estimate of drug-likeness (QED) is 0.0258. The van der Waals surface area contributed by atoms with E-state index in [-0.39, 0.29) is 78.3 Å². The number of hydrogen-bond donors (Lipinski definition) is 0. The monoisotopic (exact) mass is 1510 g/mol. The highest BCUT2D eigenvalue weighted by Gasteiger charge is 2.32. The van der Waals surface area contributed by atoms with Crippen molar-refractivity contribution in [3.05, 3.63) is 115 Å². The van der Waals surface area contributed by atoms with Crippen LogP contribution in [0.4, 0.5) is 19.2 Å². The summed E-state index contributed by atoms with van der Waals surface area (Å²) in [4.78, 5) is 110. The number of carbonyl (C=O) groups is 8. The van der Waals surface area contributed by atoms with Crippen LogP contribution in [0.1, 0.15) is 259 Å². The van der Waals surface area contributed by atoms with Crippen molar-refractivity contribution in [2.24, 2.45) is 0 Å². The third-order valence-electron chi connectivity index (χ3n) is 16.8. The van der Waals surface area contributed by atoms with Crippen LogP contribution in [-0.4, -0.2) is 146 Å². The third kappa shape index (κ3) is 33.7. The first-order valence-corrected chi connectivity index (χ1v) is 37.7. The second-order valence-electron chi connectivity index (χ2n) is 36.0. The topological polar surface area (TPSA) is 254 Å². The second kappa shape index (κ2) is 38.9. The van der Waals surface area contributed by atoms with Crippen LogP contribution in [0.5, 0.6) is 23.0 Å². The van der Waals surface area contributed by atoms with Gasteiger partial charge in [0.25, 0.3) is 0 Å². The SMILES string of the molecule is Cc1cc(CCC(=O)OCCN(CCOC(=O)CCc2cc(C)c(OC(=O)OC(C)(C)C)c(C(C)(C)C)c2)CCN(CCOC(=O)CCc2cc(C)c(OC(=O)OC(C)(C)C)c(C(C)(C)C)c2)CCOC(=O)CCc2cc(C)c(OC(=O)OC(C)(C)C)c(C(C)(C)C)c2)cc(C(C)(C)C)c1OC(=O)OC(C)(C)C. The Morgan fingerprint density at radius 1 is 0.269 bits per heavy atom. The lowest BCUT2D eigenvalue weighted by Crippen LogP contribution is -2.41. The third-order valence-corrected chi connectivity index (χ3v) is 16.8. The Balaban J connectivity index is 1.60. The summed E-state index contributed by atoms with van der Waals surface area (Å²) in [6.45, 7) is 54.3. The van der Waals surface area contributed by atoms with Crippen molar-refractivity contribution >= 4 is 48.5 Å². The zero-order valence-corrected chi connectivity index (χ0v) is 70.4. The van der Waals surface area contributed by atoms with Gasteiger partial charge < -0.3 is 56.8 Å². The zero-order valence-electron chi connectivity index (χ0n) is 70.4. The number of esters is 4. The molecule has 22 heteroatoms. The molecule has 602 valence electrons. The second-order valence-corrected chi connectivity index (χ2v) is 36.0. The van der Waals surface area contributed by atoms with Crippen LogP contribution in [0, 0.1) is 27.7 Å². The van der Waals surface area contributed by atoms with E-state index < -0.39 is 92.6 Å². The molecule has 108 heavy (non-hydrogen) atoms. The molecule has 0 saturated carbocycles. The molecule has 4 aromatic carbocycles.